The van der Waals surface area contributed by atoms with Crippen LogP contribution in [-0.4, -0.2) is 5.78 Å². The molecule has 0 aromatic heterocycles. The largest absolute Gasteiger partial charge is 0.290 e. The number of carbonyl (C=O) groups is 1. The number of allylic oxidation sites excluding steroid dienone is 4. The molecule has 0 bridgehead atoms. The first-order valence-corrected chi connectivity index (χ1v) is 5.22. The minimum absolute atomic E-state index is 0.118. The highest BCUT2D eigenvalue weighted by molar-refractivity contribution is 6.07. The summed E-state index contributed by atoms with van der Waals surface area (Å²) in [4.78, 5) is 11.1. The molecular formula is C13H16O. The van der Waals surface area contributed by atoms with Gasteiger partial charge in [-0.3, -0.25) is 4.79 Å². The van der Waals surface area contributed by atoms with E-state index in [9.17, 15) is 4.79 Å². The Morgan fingerprint density at radius 2 is 2.14 bits per heavy atom. The minimum Gasteiger partial charge on any atom is -0.290 e. The zero-order chi connectivity index (χ0) is 10.2. The van der Waals surface area contributed by atoms with Crippen LogP contribution in [-0.2, 0) is 4.79 Å². The van der Waals surface area contributed by atoms with Crippen molar-refractivity contribution in [2.45, 2.75) is 39.0 Å². The first kappa shape index (κ1) is 10.8. The Kier molecular flexibility index (Phi) is 4.78. The number of rotatable bonds is 4. The van der Waals surface area contributed by atoms with E-state index in [1.165, 1.54) is 19.3 Å². The molecule has 1 heteroatoms. The minimum atomic E-state index is 0.118. The van der Waals surface area contributed by atoms with Crippen LogP contribution in [0.25, 0.3) is 0 Å². The molecule has 1 aliphatic rings. The van der Waals surface area contributed by atoms with Gasteiger partial charge in [0.15, 0.2) is 5.78 Å². The summed E-state index contributed by atoms with van der Waals surface area (Å²) in [6, 6.07) is 0. The van der Waals surface area contributed by atoms with Gasteiger partial charge in [0.1, 0.15) is 0 Å². The lowest BCUT2D eigenvalue weighted by atomic mass is 10.1. The van der Waals surface area contributed by atoms with Crippen molar-refractivity contribution in [3.8, 4) is 11.8 Å². The van der Waals surface area contributed by atoms with Gasteiger partial charge in [0.05, 0.1) is 0 Å². The van der Waals surface area contributed by atoms with Gasteiger partial charge in [-0.2, -0.15) is 0 Å². The molecule has 0 fully saturated rings. The highest BCUT2D eigenvalue weighted by Crippen LogP contribution is 2.09. The van der Waals surface area contributed by atoms with Gasteiger partial charge in [0, 0.05) is 18.4 Å². The second-order valence-corrected chi connectivity index (χ2v) is 3.40. The van der Waals surface area contributed by atoms with Gasteiger partial charge in [-0.25, -0.2) is 0 Å². The van der Waals surface area contributed by atoms with Crippen LogP contribution in [0.2, 0.25) is 0 Å². The van der Waals surface area contributed by atoms with E-state index in [-0.39, 0.29) is 5.78 Å². The monoisotopic (exact) mass is 188 g/mol. The van der Waals surface area contributed by atoms with Gasteiger partial charge in [0.2, 0.25) is 0 Å². The van der Waals surface area contributed by atoms with Crippen LogP contribution >= 0.6 is 0 Å². The zero-order valence-corrected chi connectivity index (χ0v) is 8.68. The van der Waals surface area contributed by atoms with E-state index in [0.29, 0.717) is 6.42 Å². The van der Waals surface area contributed by atoms with Crippen LogP contribution in [0, 0.1) is 11.8 Å². The third-order valence-corrected chi connectivity index (χ3v) is 2.17. The lowest BCUT2D eigenvalue weighted by Crippen LogP contribution is -1.92. The average molecular weight is 188 g/mol. The number of hydrogen-bond acceptors (Lipinski definition) is 1. The van der Waals surface area contributed by atoms with Crippen LogP contribution < -0.4 is 0 Å². The highest BCUT2D eigenvalue weighted by Gasteiger charge is 2.06. The van der Waals surface area contributed by atoms with Crippen LogP contribution in [0.1, 0.15) is 39.0 Å². The number of ketones is 1. The van der Waals surface area contributed by atoms with Gasteiger partial charge in [-0.15, -0.1) is 5.92 Å². The standard InChI is InChI=1S/C13H16O/c1-2-3-4-5-6-7-9-12-10-8-11-13(12)14/h8,10-11H,2-5,9H2,1H3. The molecular weight excluding hydrogens is 172 g/mol. The molecule has 74 valence electrons. The van der Waals surface area contributed by atoms with Crippen molar-refractivity contribution in [3.05, 3.63) is 23.8 Å². The second kappa shape index (κ2) is 6.21. The summed E-state index contributed by atoms with van der Waals surface area (Å²) in [5.41, 5.74) is 0.827. The first-order chi connectivity index (χ1) is 6.84. The number of carbonyl (C=O) groups excluding carboxylic acids is 1. The van der Waals surface area contributed by atoms with Crippen molar-refractivity contribution in [2.24, 2.45) is 0 Å². The molecule has 0 radical (unpaired) electrons. The SMILES string of the molecule is CCCCCC#CCC1=CC=CC1=O. The van der Waals surface area contributed by atoms with E-state index in [1.54, 1.807) is 12.2 Å². The molecule has 0 saturated carbocycles. The summed E-state index contributed by atoms with van der Waals surface area (Å²) < 4.78 is 0. The molecule has 0 unspecified atom stereocenters. The Labute approximate surface area is 85.9 Å². The maximum Gasteiger partial charge on any atom is 0.182 e. The number of hydrogen-bond donors (Lipinski definition) is 0. The van der Waals surface area contributed by atoms with E-state index >= 15 is 0 Å². The van der Waals surface area contributed by atoms with Gasteiger partial charge >= 0.3 is 0 Å². The summed E-state index contributed by atoms with van der Waals surface area (Å²) in [7, 11) is 0. The van der Waals surface area contributed by atoms with Gasteiger partial charge in [-0.1, -0.05) is 37.8 Å². The summed E-state index contributed by atoms with van der Waals surface area (Å²) >= 11 is 0. The van der Waals surface area contributed by atoms with Crippen LogP contribution in [0.15, 0.2) is 23.8 Å². The summed E-state index contributed by atoms with van der Waals surface area (Å²) in [6.07, 6.45) is 10.5. The molecule has 1 aliphatic carbocycles. The fourth-order valence-corrected chi connectivity index (χ4v) is 1.30. The smallest absolute Gasteiger partial charge is 0.182 e. The Bertz CT molecular complexity index is 310. The molecule has 0 atom stereocenters. The fourth-order valence-electron chi connectivity index (χ4n) is 1.30. The molecule has 1 nitrogen and oxygen atoms in total. The molecule has 0 heterocycles. The highest BCUT2D eigenvalue weighted by atomic mass is 16.1. The Morgan fingerprint density at radius 1 is 1.29 bits per heavy atom. The van der Waals surface area contributed by atoms with Crippen molar-refractivity contribution in [1.29, 1.82) is 0 Å². The Balaban J connectivity index is 2.17. The van der Waals surface area contributed by atoms with E-state index in [2.05, 4.69) is 18.8 Å². The second-order valence-electron chi connectivity index (χ2n) is 3.40. The van der Waals surface area contributed by atoms with E-state index < -0.39 is 0 Å². The maximum absolute atomic E-state index is 11.1. The van der Waals surface area contributed by atoms with Crippen LogP contribution in [0.4, 0.5) is 0 Å². The molecule has 0 aromatic carbocycles. The molecule has 0 amide bonds. The number of unbranched alkanes of at least 4 members (excludes halogenated alkanes) is 3. The topological polar surface area (TPSA) is 17.1 Å². The summed E-state index contributed by atoms with van der Waals surface area (Å²) in [5, 5.41) is 0. The average Bonchev–Trinajstić information content (AvgIpc) is 2.58. The Hall–Kier alpha value is -1.29. The quantitative estimate of drug-likeness (QED) is 0.489. The summed E-state index contributed by atoms with van der Waals surface area (Å²) in [5.74, 6) is 6.25. The van der Waals surface area contributed by atoms with Gasteiger partial charge in [0.25, 0.3) is 0 Å². The third kappa shape index (κ3) is 3.62. The van der Waals surface area contributed by atoms with Crippen molar-refractivity contribution in [2.75, 3.05) is 0 Å². The van der Waals surface area contributed by atoms with Gasteiger partial charge < -0.3 is 0 Å². The lowest BCUT2D eigenvalue weighted by molar-refractivity contribution is -0.111. The van der Waals surface area contributed by atoms with Crippen LogP contribution in [0.5, 0.6) is 0 Å². The van der Waals surface area contributed by atoms with Gasteiger partial charge in [-0.05, 0) is 12.5 Å². The van der Waals surface area contributed by atoms with Crippen molar-refractivity contribution in [3.63, 3.8) is 0 Å². The fraction of sp³-hybridized carbons (Fsp3) is 0.462. The molecule has 0 saturated heterocycles. The summed E-state index contributed by atoms with van der Waals surface area (Å²) in [6.45, 7) is 2.18. The predicted molar refractivity (Wildman–Crippen MR) is 58.8 cm³/mol. The predicted octanol–water partition coefficient (Wildman–Crippen LogP) is 3.03. The zero-order valence-electron chi connectivity index (χ0n) is 8.68. The normalized spacial score (nSPS) is 13.8. The molecule has 0 N–H and O–H groups in total. The Morgan fingerprint density at radius 3 is 2.79 bits per heavy atom. The van der Waals surface area contributed by atoms with Crippen LogP contribution in [0.3, 0.4) is 0 Å². The van der Waals surface area contributed by atoms with E-state index in [4.69, 9.17) is 0 Å². The lowest BCUT2D eigenvalue weighted by Gasteiger charge is -1.91. The maximum atomic E-state index is 11.1. The molecule has 14 heavy (non-hydrogen) atoms. The van der Waals surface area contributed by atoms with Crippen molar-refractivity contribution >= 4 is 5.78 Å². The molecule has 1 rings (SSSR count). The van der Waals surface area contributed by atoms with E-state index in [0.717, 1.165) is 12.0 Å². The molecule has 0 aromatic rings. The third-order valence-electron chi connectivity index (χ3n) is 2.17. The van der Waals surface area contributed by atoms with Crippen molar-refractivity contribution in [1.82, 2.24) is 0 Å². The van der Waals surface area contributed by atoms with E-state index in [1.807, 2.05) is 6.08 Å². The van der Waals surface area contributed by atoms with Crippen molar-refractivity contribution < 1.29 is 4.79 Å². The molecule has 0 spiro atoms. The molecule has 0 aliphatic heterocycles. The first-order valence-electron chi connectivity index (χ1n) is 5.22.